The number of benzene rings is 1. The van der Waals surface area contributed by atoms with Gasteiger partial charge in [0, 0.05) is 0 Å². The Kier molecular flexibility index (Phi) is 2.28. The van der Waals surface area contributed by atoms with E-state index < -0.39 is 10.0 Å². The van der Waals surface area contributed by atoms with Crippen molar-refractivity contribution in [2.75, 3.05) is 0 Å². The fourth-order valence-corrected chi connectivity index (χ4v) is 2.16. The molecule has 0 unspecified atom stereocenters. The van der Waals surface area contributed by atoms with Crippen LogP contribution in [-0.2, 0) is 10.0 Å². The molecule has 0 aliphatic heterocycles. The molecule has 0 aliphatic carbocycles. The summed E-state index contributed by atoms with van der Waals surface area (Å²) < 4.78 is 24.4. The fraction of sp³-hybridized carbons (Fsp3) is 0.111. The van der Waals surface area contributed by atoms with Gasteiger partial charge >= 0.3 is 0 Å². The molecule has 2 rings (SSSR count). The third-order valence-electron chi connectivity index (χ3n) is 1.93. The predicted octanol–water partition coefficient (Wildman–Crippen LogP) is 0.824. The van der Waals surface area contributed by atoms with E-state index >= 15 is 0 Å². The molecule has 0 fully saturated rings. The van der Waals surface area contributed by atoms with Gasteiger partial charge in [0.2, 0.25) is 0 Å². The molecule has 15 heavy (non-hydrogen) atoms. The Hall–Kier alpha value is -1.69. The first-order valence-corrected chi connectivity index (χ1v) is 5.73. The van der Waals surface area contributed by atoms with E-state index in [1.807, 2.05) is 6.92 Å². The number of hydrogen-bond acceptors (Lipinski definition) is 4. The van der Waals surface area contributed by atoms with Gasteiger partial charge in [-0.3, -0.25) is 0 Å². The van der Waals surface area contributed by atoms with Crippen molar-refractivity contribution in [1.82, 2.24) is 14.4 Å². The third kappa shape index (κ3) is 1.75. The lowest BCUT2D eigenvalue weighted by Crippen LogP contribution is -2.15. The highest BCUT2D eigenvalue weighted by molar-refractivity contribution is 7.89. The van der Waals surface area contributed by atoms with E-state index in [2.05, 4.69) is 10.2 Å². The Balaban J connectivity index is 2.52. The summed E-state index contributed by atoms with van der Waals surface area (Å²) >= 11 is 0. The van der Waals surface area contributed by atoms with Gasteiger partial charge in [0.25, 0.3) is 10.0 Å². The van der Waals surface area contributed by atoms with E-state index in [1.165, 1.54) is 24.5 Å². The van der Waals surface area contributed by atoms with E-state index in [4.69, 9.17) is 0 Å². The summed E-state index contributed by atoms with van der Waals surface area (Å²) in [7, 11) is -3.62. The number of aromatic nitrogens is 3. The minimum absolute atomic E-state index is 0.185. The molecular weight excluding hydrogens is 214 g/mol. The second-order valence-electron chi connectivity index (χ2n) is 3.07. The van der Waals surface area contributed by atoms with Crippen molar-refractivity contribution in [3.05, 3.63) is 42.2 Å². The largest absolute Gasteiger partial charge is 0.299 e. The van der Waals surface area contributed by atoms with Gasteiger partial charge in [0.05, 0.1) is 17.3 Å². The first kappa shape index (κ1) is 9.85. The van der Waals surface area contributed by atoms with E-state index in [0.29, 0.717) is 4.20 Å². The molecule has 1 heterocycles. The summed E-state index contributed by atoms with van der Waals surface area (Å²) in [6.07, 6.45) is 2.65. The monoisotopic (exact) mass is 223 g/mol. The Morgan fingerprint density at radius 2 is 1.60 bits per heavy atom. The molecule has 0 saturated carbocycles. The molecule has 0 amide bonds. The summed E-state index contributed by atoms with van der Waals surface area (Å²) in [5.74, 6) is 0. The van der Waals surface area contributed by atoms with E-state index in [0.717, 1.165) is 5.56 Å². The summed E-state index contributed by atoms with van der Waals surface area (Å²) in [6, 6.07) is 6.54. The molecular formula is C9H9N3O2S. The highest BCUT2D eigenvalue weighted by atomic mass is 32.2. The second-order valence-corrected chi connectivity index (χ2v) is 4.82. The van der Waals surface area contributed by atoms with Gasteiger partial charge in [0.1, 0.15) is 0 Å². The summed E-state index contributed by atoms with van der Waals surface area (Å²) in [6.45, 7) is 1.89. The average Bonchev–Trinajstić information content (AvgIpc) is 2.71. The quantitative estimate of drug-likeness (QED) is 0.756. The summed E-state index contributed by atoms with van der Waals surface area (Å²) in [5, 5.41) is 7.21. The zero-order chi connectivity index (χ0) is 10.9. The molecule has 0 radical (unpaired) electrons. The smallest absolute Gasteiger partial charge is 0.198 e. The SMILES string of the molecule is Cc1ccc(S(=O)(=O)n2nccn2)cc1. The minimum Gasteiger partial charge on any atom is -0.198 e. The zero-order valence-corrected chi connectivity index (χ0v) is 8.85. The highest BCUT2D eigenvalue weighted by Crippen LogP contribution is 2.11. The molecule has 1 aromatic carbocycles. The van der Waals surface area contributed by atoms with Gasteiger partial charge in [-0.2, -0.15) is 8.42 Å². The topological polar surface area (TPSA) is 64.8 Å². The molecule has 5 nitrogen and oxygen atoms in total. The van der Waals surface area contributed by atoms with E-state index in [-0.39, 0.29) is 4.90 Å². The molecule has 78 valence electrons. The second kappa shape index (κ2) is 3.47. The van der Waals surface area contributed by atoms with Crippen LogP contribution in [0, 0.1) is 6.92 Å². The summed E-state index contributed by atoms with van der Waals surface area (Å²) in [4.78, 5) is 0.185. The van der Waals surface area contributed by atoms with Gasteiger partial charge in [0.15, 0.2) is 0 Å². The molecule has 0 saturated heterocycles. The number of aryl methyl sites for hydroxylation is 1. The Morgan fingerprint density at radius 3 is 2.13 bits per heavy atom. The van der Waals surface area contributed by atoms with Crippen LogP contribution in [0.5, 0.6) is 0 Å². The Labute approximate surface area is 87.4 Å². The van der Waals surface area contributed by atoms with Crippen molar-refractivity contribution in [2.24, 2.45) is 0 Å². The molecule has 6 heteroatoms. The van der Waals surface area contributed by atoms with Gasteiger partial charge in [-0.1, -0.05) is 21.9 Å². The van der Waals surface area contributed by atoms with Crippen molar-refractivity contribution in [3.63, 3.8) is 0 Å². The van der Waals surface area contributed by atoms with Gasteiger partial charge in [-0.25, -0.2) is 0 Å². The van der Waals surface area contributed by atoms with E-state index in [9.17, 15) is 8.42 Å². The maximum Gasteiger partial charge on any atom is 0.299 e. The summed E-state index contributed by atoms with van der Waals surface area (Å²) in [5.41, 5.74) is 1.00. The van der Waals surface area contributed by atoms with Crippen LogP contribution in [0.15, 0.2) is 41.6 Å². The Bertz CT molecular complexity index is 544. The highest BCUT2D eigenvalue weighted by Gasteiger charge is 2.17. The number of rotatable bonds is 2. The van der Waals surface area contributed by atoms with Crippen molar-refractivity contribution in [1.29, 1.82) is 0 Å². The van der Waals surface area contributed by atoms with Crippen LogP contribution in [-0.4, -0.2) is 22.8 Å². The molecule has 0 spiro atoms. The average molecular weight is 223 g/mol. The van der Waals surface area contributed by atoms with Crippen LogP contribution < -0.4 is 0 Å². The first-order valence-electron chi connectivity index (χ1n) is 4.29. The third-order valence-corrected chi connectivity index (χ3v) is 3.42. The standard InChI is InChI=1S/C9H9N3O2S/c1-8-2-4-9(5-3-8)15(13,14)12-10-6-7-11-12/h2-7H,1H3. The maximum atomic E-state index is 11.8. The van der Waals surface area contributed by atoms with Crippen LogP contribution in [0.25, 0.3) is 0 Å². The molecule has 2 aromatic rings. The zero-order valence-electron chi connectivity index (χ0n) is 8.03. The Morgan fingerprint density at radius 1 is 1.07 bits per heavy atom. The van der Waals surface area contributed by atoms with Crippen molar-refractivity contribution < 1.29 is 8.42 Å². The fourth-order valence-electron chi connectivity index (χ4n) is 1.13. The molecule has 0 atom stereocenters. The van der Waals surface area contributed by atoms with Gasteiger partial charge < -0.3 is 0 Å². The number of nitrogens with zero attached hydrogens (tertiary/aromatic N) is 3. The van der Waals surface area contributed by atoms with Crippen molar-refractivity contribution in [2.45, 2.75) is 11.8 Å². The van der Waals surface area contributed by atoms with Crippen LogP contribution in [0.2, 0.25) is 0 Å². The van der Waals surface area contributed by atoms with Crippen LogP contribution in [0.3, 0.4) is 0 Å². The molecule has 0 aliphatic rings. The molecule has 0 N–H and O–H groups in total. The minimum atomic E-state index is -3.62. The maximum absolute atomic E-state index is 11.8. The lowest BCUT2D eigenvalue weighted by Gasteiger charge is -2.02. The lowest BCUT2D eigenvalue weighted by molar-refractivity contribution is 0.569. The lowest BCUT2D eigenvalue weighted by atomic mass is 10.2. The van der Waals surface area contributed by atoms with Gasteiger partial charge in [-0.15, -0.1) is 10.2 Å². The van der Waals surface area contributed by atoms with Crippen molar-refractivity contribution in [3.8, 4) is 0 Å². The predicted molar refractivity (Wildman–Crippen MR) is 53.8 cm³/mol. The van der Waals surface area contributed by atoms with Crippen LogP contribution >= 0.6 is 0 Å². The number of hydrogen-bond donors (Lipinski definition) is 0. The van der Waals surface area contributed by atoms with Crippen LogP contribution in [0.1, 0.15) is 5.56 Å². The molecule has 1 aromatic heterocycles. The van der Waals surface area contributed by atoms with Gasteiger partial charge in [-0.05, 0) is 19.1 Å². The molecule has 0 bridgehead atoms. The van der Waals surface area contributed by atoms with Crippen LogP contribution in [0.4, 0.5) is 0 Å². The first-order chi connectivity index (χ1) is 7.10. The van der Waals surface area contributed by atoms with E-state index in [1.54, 1.807) is 12.1 Å². The van der Waals surface area contributed by atoms with Crippen molar-refractivity contribution >= 4 is 10.0 Å². The normalized spacial score (nSPS) is 11.5.